The average molecular weight is 764 g/mol. The molecular weight excluding hydrogens is 735 g/mol. The third kappa shape index (κ3) is 12.6. The quantitative estimate of drug-likeness (QED) is 0.119. The summed E-state index contributed by atoms with van der Waals surface area (Å²) < 4.78 is 9.74. The van der Waals surface area contributed by atoms with Crippen LogP contribution in [0.4, 0.5) is 0 Å². The number of rotatable bonds is 17. The van der Waals surface area contributed by atoms with Gasteiger partial charge in [-0.1, -0.05) is 0 Å². The maximum absolute atomic E-state index is 2.38. The van der Waals surface area contributed by atoms with E-state index < -0.39 is 0 Å². The van der Waals surface area contributed by atoms with Crippen LogP contribution in [0, 0.1) is 0 Å². The van der Waals surface area contributed by atoms with Crippen molar-refractivity contribution in [3.05, 3.63) is 0 Å². The molecule has 3 rings (SSSR count). The molecule has 0 bridgehead atoms. The molecule has 4 unspecified atom stereocenters. The summed E-state index contributed by atoms with van der Waals surface area (Å²) in [5.41, 5.74) is 0. The fraction of sp³-hybridized carbons (Fsp3) is 1.00. The molecule has 3 aliphatic rings. The zero-order chi connectivity index (χ0) is 16.5. The van der Waals surface area contributed by atoms with E-state index in [9.17, 15) is 0 Å². The van der Waals surface area contributed by atoms with Crippen LogP contribution in [0.15, 0.2) is 0 Å². The summed E-state index contributed by atoms with van der Waals surface area (Å²) in [7, 11) is 0. The maximum atomic E-state index is 2.38. The van der Waals surface area contributed by atoms with E-state index in [0.29, 0.717) is 62.8 Å². The zero-order valence-electron chi connectivity index (χ0n) is 14.1. The van der Waals surface area contributed by atoms with Crippen molar-refractivity contribution in [2.75, 3.05) is 34.5 Å². The Balaban J connectivity index is 1.18. The summed E-state index contributed by atoms with van der Waals surface area (Å²) in [5.74, 6) is 8.95. The third-order valence-corrected chi connectivity index (χ3v) is 23.5. The number of hydrogen-bond acceptors (Lipinski definition) is 5. The first-order valence-electron chi connectivity index (χ1n) is 8.67. The number of hydrogen-bond donors (Lipinski definition) is 0. The molecule has 0 radical (unpaired) electrons. The van der Waals surface area contributed by atoms with Crippen molar-refractivity contribution in [2.24, 2.45) is 0 Å². The summed E-state index contributed by atoms with van der Waals surface area (Å²) in [6.45, 7) is 0. The Morgan fingerprint density at radius 3 is 1.92 bits per heavy atom. The molecule has 8 heteroatoms. The van der Waals surface area contributed by atoms with Gasteiger partial charge in [0.05, 0.1) is 0 Å². The Morgan fingerprint density at radius 2 is 1.33 bits per heavy atom. The number of thioether (sulfide) groups is 5. The van der Waals surface area contributed by atoms with Crippen LogP contribution in [0.5, 0.6) is 0 Å². The first-order chi connectivity index (χ1) is 11.9. The molecule has 0 aromatic rings. The van der Waals surface area contributed by atoms with Gasteiger partial charge >= 0.3 is 204 Å². The van der Waals surface area contributed by atoms with E-state index in [1.54, 1.807) is 26.8 Å². The molecule has 0 N–H and O–H groups in total. The first-order valence-corrected chi connectivity index (χ1v) is 23.9. The Kier molecular flexibility index (Phi) is 13.5. The second kappa shape index (κ2) is 14.2. The van der Waals surface area contributed by atoms with Gasteiger partial charge in [0.25, 0.3) is 0 Å². The minimum absolute atomic E-state index is 0.328. The van der Waals surface area contributed by atoms with E-state index in [-0.39, 0.29) is 0 Å². The molecule has 24 heavy (non-hydrogen) atoms. The van der Waals surface area contributed by atoms with E-state index in [0.717, 1.165) is 21.0 Å². The molecule has 3 saturated heterocycles. The van der Waals surface area contributed by atoms with Crippen molar-refractivity contribution < 1.29 is 0 Å². The van der Waals surface area contributed by atoms with E-state index in [2.05, 4.69) is 58.8 Å². The molecule has 140 valence electrons. The van der Waals surface area contributed by atoms with E-state index in [1.807, 2.05) is 0 Å². The van der Waals surface area contributed by atoms with Crippen molar-refractivity contribution in [2.45, 2.75) is 47.8 Å². The van der Waals surface area contributed by atoms with Gasteiger partial charge in [-0.3, -0.25) is 0 Å². The van der Waals surface area contributed by atoms with Crippen molar-refractivity contribution in [1.82, 2.24) is 0 Å². The molecule has 0 spiro atoms. The Labute approximate surface area is 200 Å². The Morgan fingerprint density at radius 1 is 0.792 bits per heavy atom. The van der Waals surface area contributed by atoms with Crippen LogP contribution in [-0.4, -0.2) is 118 Å². The van der Waals surface area contributed by atoms with Crippen molar-refractivity contribution in [3.8, 4) is 0 Å². The molecule has 0 aromatic carbocycles. The molecule has 3 fully saturated rings. The van der Waals surface area contributed by atoms with Gasteiger partial charge in [0, 0.05) is 0 Å². The van der Waals surface area contributed by atoms with Crippen LogP contribution < -0.4 is 0 Å². The zero-order valence-corrected chi connectivity index (χ0v) is 25.1. The molecule has 4 atom stereocenters. The second-order valence-electron chi connectivity index (χ2n) is 6.12. The van der Waals surface area contributed by atoms with Crippen molar-refractivity contribution >= 4 is 122 Å². The average Bonchev–Trinajstić information content (AvgIpc) is 3.44. The Hall–Kier alpha value is 4.12. The van der Waals surface area contributed by atoms with Crippen LogP contribution in [0.2, 0.25) is 26.8 Å². The van der Waals surface area contributed by atoms with Crippen LogP contribution in [0.3, 0.4) is 0 Å². The fourth-order valence-electron chi connectivity index (χ4n) is 2.00. The molecule has 0 saturated carbocycles. The standard InChI is InChI=1S/C16H28S5Te3/c1(3-22-9-14-6-19-14)17-5-13(11-24-12-16-8-21-16)18-2-4-23-10-15-7-20-15/h13-16H,1-12H2. The van der Waals surface area contributed by atoms with Gasteiger partial charge in [-0.2, -0.15) is 0 Å². The van der Waals surface area contributed by atoms with Gasteiger partial charge in [-0.15, -0.1) is 0 Å². The van der Waals surface area contributed by atoms with Crippen LogP contribution in [0.25, 0.3) is 0 Å². The monoisotopic (exact) mass is 770 g/mol. The summed E-state index contributed by atoms with van der Waals surface area (Å²) in [5, 5.41) is 4.37. The van der Waals surface area contributed by atoms with Gasteiger partial charge < -0.3 is 0 Å². The third-order valence-electron chi connectivity index (χ3n) is 3.68. The van der Waals surface area contributed by atoms with Crippen molar-refractivity contribution in [3.63, 3.8) is 0 Å². The van der Waals surface area contributed by atoms with Gasteiger partial charge in [0.15, 0.2) is 0 Å². The summed E-state index contributed by atoms with van der Waals surface area (Å²) in [6.07, 6.45) is 0. The minimum atomic E-state index is 0.328. The fourth-order valence-corrected chi connectivity index (χ4v) is 22.4. The molecule has 3 aliphatic heterocycles. The molecule has 3 heterocycles. The van der Waals surface area contributed by atoms with Crippen LogP contribution in [-0.2, 0) is 0 Å². The molecule has 0 aromatic heterocycles. The topological polar surface area (TPSA) is 0 Å². The van der Waals surface area contributed by atoms with Gasteiger partial charge in [0.1, 0.15) is 0 Å². The van der Waals surface area contributed by atoms with Crippen molar-refractivity contribution in [1.29, 1.82) is 0 Å². The van der Waals surface area contributed by atoms with Gasteiger partial charge in [-0.25, -0.2) is 0 Å². The summed E-state index contributed by atoms with van der Waals surface area (Å²) >= 11 is 12.4. The predicted octanol–water partition coefficient (Wildman–Crippen LogP) is 4.79. The summed E-state index contributed by atoms with van der Waals surface area (Å²) in [6, 6.07) is 0. The predicted molar refractivity (Wildman–Crippen MR) is 128 cm³/mol. The molecule has 0 amide bonds. The van der Waals surface area contributed by atoms with Crippen LogP contribution in [0.1, 0.15) is 0 Å². The van der Waals surface area contributed by atoms with E-state index in [1.165, 1.54) is 34.5 Å². The molecular formula is C16H28S5Te3. The van der Waals surface area contributed by atoms with Gasteiger partial charge in [-0.05, 0) is 0 Å². The van der Waals surface area contributed by atoms with E-state index >= 15 is 0 Å². The Bertz CT molecular complexity index is 338. The molecule has 0 nitrogen and oxygen atoms in total. The molecule has 0 aliphatic carbocycles. The van der Waals surface area contributed by atoms with Crippen LogP contribution >= 0.6 is 58.8 Å². The normalized spacial score (nSPS) is 28.8. The SMILES string of the molecule is C(C[Te]CC1CS1)SCC(C[Te]CC1CS1)SCC[Te]CC1CS1. The van der Waals surface area contributed by atoms with E-state index in [4.69, 9.17) is 0 Å². The first kappa shape index (κ1) is 22.8. The van der Waals surface area contributed by atoms with Gasteiger partial charge in [0.2, 0.25) is 0 Å². The summed E-state index contributed by atoms with van der Waals surface area (Å²) in [4.78, 5) is 0. The second-order valence-corrected chi connectivity index (χ2v) is 22.3.